The Morgan fingerprint density at radius 2 is 1.73 bits per heavy atom. The molecule has 2 aromatic carbocycles. The van der Waals surface area contributed by atoms with Gasteiger partial charge < -0.3 is 19.1 Å². The van der Waals surface area contributed by atoms with Crippen LogP contribution in [0.5, 0.6) is 11.5 Å². The van der Waals surface area contributed by atoms with Crippen LogP contribution in [0.25, 0.3) is 0 Å². The molecule has 1 heterocycles. The number of benzene rings is 2. The Hall–Kier alpha value is -2.14. The lowest BCUT2D eigenvalue weighted by atomic mass is 10.2. The van der Waals surface area contributed by atoms with Crippen molar-refractivity contribution in [1.82, 2.24) is 4.31 Å². The van der Waals surface area contributed by atoms with Gasteiger partial charge in [-0.1, -0.05) is 0 Å². The number of anilines is 1. The van der Waals surface area contributed by atoms with Gasteiger partial charge in [0.2, 0.25) is 10.0 Å². The van der Waals surface area contributed by atoms with E-state index in [1.807, 2.05) is 0 Å². The fraction of sp³-hybridized carbons (Fsp3) is 0.350. The van der Waals surface area contributed by atoms with E-state index in [1.54, 1.807) is 37.4 Å². The van der Waals surface area contributed by atoms with Gasteiger partial charge in [-0.25, -0.2) is 8.42 Å². The summed E-state index contributed by atoms with van der Waals surface area (Å²) >= 11 is 3.31. The summed E-state index contributed by atoms with van der Waals surface area (Å²) in [6.07, 6.45) is 0. The average molecular weight is 499 g/mol. The van der Waals surface area contributed by atoms with E-state index in [-0.39, 0.29) is 29.5 Å². The first-order valence-corrected chi connectivity index (χ1v) is 11.4. The van der Waals surface area contributed by atoms with E-state index in [1.165, 1.54) is 29.5 Å². The summed E-state index contributed by atoms with van der Waals surface area (Å²) in [5.74, 6) is 0.679. The van der Waals surface area contributed by atoms with Gasteiger partial charge in [-0.05, 0) is 46.3 Å². The Bertz CT molecular complexity index is 1040. The van der Waals surface area contributed by atoms with Gasteiger partial charge in [0.15, 0.2) is 11.5 Å². The number of ether oxygens (including phenoxy) is 3. The van der Waals surface area contributed by atoms with Crippen LogP contribution < -0.4 is 14.4 Å². The lowest BCUT2D eigenvalue weighted by Crippen LogP contribution is -2.40. The van der Waals surface area contributed by atoms with Crippen LogP contribution in [0, 0.1) is 0 Å². The number of hydrogen-bond acceptors (Lipinski definition) is 6. The van der Waals surface area contributed by atoms with Crippen molar-refractivity contribution in [2.75, 3.05) is 52.5 Å². The van der Waals surface area contributed by atoms with Crippen LogP contribution in [0.4, 0.5) is 5.69 Å². The number of rotatable bonds is 6. The lowest BCUT2D eigenvalue weighted by molar-refractivity contribution is 0.0730. The summed E-state index contributed by atoms with van der Waals surface area (Å²) in [6, 6.07) is 9.66. The topological polar surface area (TPSA) is 85.4 Å². The van der Waals surface area contributed by atoms with Gasteiger partial charge in [0, 0.05) is 41.9 Å². The second-order valence-corrected chi connectivity index (χ2v) is 9.33. The molecule has 10 heteroatoms. The number of sulfonamides is 1. The summed E-state index contributed by atoms with van der Waals surface area (Å²) in [5.41, 5.74) is 0.834. The normalized spacial score (nSPS) is 14.9. The highest BCUT2D eigenvalue weighted by molar-refractivity contribution is 9.10. The molecular formula is C20H23BrN2O6S. The first-order valence-electron chi connectivity index (χ1n) is 9.17. The summed E-state index contributed by atoms with van der Waals surface area (Å²) in [5, 5.41) is 0. The third kappa shape index (κ3) is 4.46. The van der Waals surface area contributed by atoms with Crippen LogP contribution in [0.1, 0.15) is 10.4 Å². The van der Waals surface area contributed by atoms with E-state index >= 15 is 0 Å². The number of nitrogens with zero attached hydrogens (tertiary/aromatic N) is 2. The van der Waals surface area contributed by atoms with Crippen molar-refractivity contribution in [2.45, 2.75) is 4.90 Å². The number of methoxy groups -OCH3 is 2. The standard InChI is InChI=1S/C20H23BrN2O6S/c1-22(15-5-7-17(27-2)18(13-15)28-3)20(24)14-4-6-16(21)19(12-14)30(25,26)23-8-10-29-11-9-23/h4-7,12-13H,8-11H2,1-3H3. The lowest BCUT2D eigenvalue weighted by Gasteiger charge is -2.26. The molecule has 0 spiro atoms. The van der Waals surface area contributed by atoms with E-state index < -0.39 is 10.0 Å². The Morgan fingerprint density at radius 1 is 1.07 bits per heavy atom. The molecule has 1 saturated heterocycles. The number of halogens is 1. The number of morpholine rings is 1. The van der Waals surface area contributed by atoms with Crippen LogP contribution in [0.2, 0.25) is 0 Å². The molecule has 3 rings (SSSR count). The number of carbonyl (C=O) groups excluding carboxylic acids is 1. The Kier molecular flexibility index (Phi) is 7.02. The van der Waals surface area contributed by atoms with E-state index in [9.17, 15) is 13.2 Å². The van der Waals surface area contributed by atoms with Crippen LogP contribution in [0.15, 0.2) is 45.8 Å². The van der Waals surface area contributed by atoms with Crippen molar-refractivity contribution in [3.63, 3.8) is 0 Å². The molecule has 1 aliphatic rings. The SMILES string of the molecule is COc1ccc(N(C)C(=O)c2ccc(Br)c(S(=O)(=O)N3CCOCC3)c2)cc1OC. The van der Waals surface area contributed by atoms with E-state index in [4.69, 9.17) is 14.2 Å². The fourth-order valence-corrected chi connectivity index (χ4v) is 5.46. The largest absolute Gasteiger partial charge is 0.493 e. The quantitative estimate of drug-likeness (QED) is 0.608. The minimum Gasteiger partial charge on any atom is -0.493 e. The maximum Gasteiger partial charge on any atom is 0.258 e. The van der Waals surface area contributed by atoms with Crippen molar-refractivity contribution < 1.29 is 27.4 Å². The van der Waals surface area contributed by atoms with Gasteiger partial charge in [-0.15, -0.1) is 0 Å². The van der Waals surface area contributed by atoms with Crippen molar-refractivity contribution >= 4 is 37.5 Å². The Labute approximate surface area is 184 Å². The highest BCUT2D eigenvalue weighted by Gasteiger charge is 2.29. The maximum atomic E-state index is 13.1. The molecule has 162 valence electrons. The minimum absolute atomic E-state index is 0.0518. The van der Waals surface area contributed by atoms with Crippen molar-refractivity contribution in [2.24, 2.45) is 0 Å². The third-order valence-corrected chi connectivity index (χ3v) is 7.72. The second-order valence-electron chi connectivity index (χ2n) is 6.57. The molecule has 1 amide bonds. The zero-order valence-electron chi connectivity index (χ0n) is 16.9. The first kappa shape index (κ1) is 22.5. The summed E-state index contributed by atoms with van der Waals surface area (Å²) < 4.78 is 43.7. The van der Waals surface area contributed by atoms with Gasteiger partial charge >= 0.3 is 0 Å². The molecule has 0 atom stereocenters. The zero-order chi connectivity index (χ0) is 21.9. The number of amides is 1. The Morgan fingerprint density at radius 3 is 2.37 bits per heavy atom. The van der Waals surface area contributed by atoms with E-state index in [0.717, 1.165) is 0 Å². The number of hydrogen-bond donors (Lipinski definition) is 0. The molecule has 2 aromatic rings. The molecular weight excluding hydrogens is 476 g/mol. The van der Waals surface area contributed by atoms with Gasteiger partial charge in [0.25, 0.3) is 5.91 Å². The van der Waals surface area contributed by atoms with Crippen LogP contribution in [-0.4, -0.2) is 66.2 Å². The molecule has 1 fully saturated rings. The summed E-state index contributed by atoms with van der Waals surface area (Å²) in [4.78, 5) is 14.6. The molecule has 0 radical (unpaired) electrons. The number of carbonyl (C=O) groups is 1. The van der Waals surface area contributed by atoms with Crippen molar-refractivity contribution in [1.29, 1.82) is 0 Å². The van der Waals surface area contributed by atoms with Gasteiger partial charge in [0.05, 0.1) is 32.3 Å². The van der Waals surface area contributed by atoms with Crippen LogP contribution >= 0.6 is 15.9 Å². The molecule has 0 aromatic heterocycles. The van der Waals surface area contributed by atoms with Crippen LogP contribution in [0.3, 0.4) is 0 Å². The van der Waals surface area contributed by atoms with Gasteiger partial charge in [-0.3, -0.25) is 4.79 Å². The second kappa shape index (κ2) is 9.34. The maximum absolute atomic E-state index is 13.1. The molecule has 30 heavy (non-hydrogen) atoms. The molecule has 8 nitrogen and oxygen atoms in total. The molecule has 0 saturated carbocycles. The van der Waals surface area contributed by atoms with Crippen LogP contribution in [-0.2, 0) is 14.8 Å². The monoisotopic (exact) mass is 498 g/mol. The molecule has 0 unspecified atom stereocenters. The Balaban J connectivity index is 1.92. The van der Waals surface area contributed by atoms with Crippen molar-refractivity contribution in [3.8, 4) is 11.5 Å². The third-order valence-electron chi connectivity index (χ3n) is 4.83. The molecule has 0 bridgehead atoms. The van der Waals surface area contributed by atoms with Gasteiger partial charge in [-0.2, -0.15) is 4.31 Å². The minimum atomic E-state index is -3.76. The van der Waals surface area contributed by atoms with Crippen molar-refractivity contribution in [3.05, 3.63) is 46.4 Å². The van der Waals surface area contributed by atoms with E-state index in [2.05, 4.69) is 15.9 Å². The smallest absolute Gasteiger partial charge is 0.258 e. The summed E-state index contributed by atoms with van der Waals surface area (Å²) in [6.45, 7) is 1.24. The molecule has 0 N–H and O–H groups in total. The summed E-state index contributed by atoms with van der Waals surface area (Å²) in [7, 11) is 0.901. The highest BCUT2D eigenvalue weighted by Crippen LogP contribution is 2.32. The fourth-order valence-electron chi connectivity index (χ4n) is 3.10. The first-order chi connectivity index (χ1) is 14.3. The average Bonchev–Trinajstić information content (AvgIpc) is 2.78. The highest BCUT2D eigenvalue weighted by atomic mass is 79.9. The van der Waals surface area contributed by atoms with E-state index in [0.29, 0.717) is 34.9 Å². The predicted molar refractivity (Wildman–Crippen MR) is 116 cm³/mol. The molecule has 0 aliphatic carbocycles. The molecule has 1 aliphatic heterocycles. The van der Waals surface area contributed by atoms with Gasteiger partial charge in [0.1, 0.15) is 0 Å². The zero-order valence-corrected chi connectivity index (χ0v) is 19.3. The predicted octanol–water partition coefficient (Wildman–Crippen LogP) is 2.76.